The summed E-state index contributed by atoms with van der Waals surface area (Å²) in [6, 6.07) is 13.3. The van der Waals surface area contributed by atoms with Crippen molar-refractivity contribution in [3.05, 3.63) is 97.7 Å². The highest BCUT2D eigenvalue weighted by molar-refractivity contribution is 5.92. The first kappa shape index (κ1) is 21.8. The fourth-order valence-electron chi connectivity index (χ4n) is 3.24. The Kier molecular flexibility index (Phi) is 5.96. The number of benzene rings is 2. The largest absolute Gasteiger partial charge is 0.350 e. The van der Waals surface area contributed by atoms with Gasteiger partial charge in [-0.05, 0) is 24.6 Å². The second-order valence-corrected chi connectivity index (χ2v) is 7.70. The van der Waals surface area contributed by atoms with E-state index in [0.29, 0.717) is 11.3 Å². The summed E-state index contributed by atoms with van der Waals surface area (Å²) in [5, 5.41) is 18.1. The zero-order valence-electron chi connectivity index (χ0n) is 17.3. The number of nitrogens with zero attached hydrogens (tertiary/aromatic N) is 3. The number of carbonyl (C=O) groups is 1. The molecule has 1 amide bonds. The van der Waals surface area contributed by atoms with Gasteiger partial charge in [-0.2, -0.15) is 5.10 Å². The van der Waals surface area contributed by atoms with Crippen molar-refractivity contribution in [3.8, 4) is 5.69 Å². The molecule has 1 aromatic heterocycles. The molecule has 31 heavy (non-hydrogen) atoms. The zero-order chi connectivity index (χ0) is 22.8. The molecule has 2 aromatic carbocycles. The van der Waals surface area contributed by atoms with Crippen LogP contribution >= 0.6 is 0 Å². The van der Waals surface area contributed by atoms with Crippen LogP contribution in [0.1, 0.15) is 35.6 Å². The van der Waals surface area contributed by atoms with Crippen LogP contribution in [0.5, 0.6) is 0 Å². The second-order valence-electron chi connectivity index (χ2n) is 7.70. The maximum absolute atomic E-state index is 14.2. The van der Waals surface area contributed by atoms with Gasteiger partial charge in [0.05, 0.1) is 4.92 Å². The molecule has 160 valence electrons. The van der Waals surface area contributed by atoms with E-state index in [1.54, 1.807) is 45.0 Å². The highest BCUT2D eigenvalue weighted by atomic mass is 19.1. The highest BCUT2D eigenvalue weighted by Crippen LogP contribution is 2.25. The molecule has 0 aliphatic rings. The number of nitrogens with one attached hydrogen (secondary N) is 1. The van der Waals surface area contributed by atoms with E-state index in [1.807, 2.05) is 0 Å². The number of aromatic nitrogens is 2. The van der Waals surface area contributed by atoms with Crippen molar-refractivity contribution in [2.24, 2.45) is 0 Å². The van der Waals surface area contributed by atoms with Crippen LogP contribution in [-0.4, -0.2) is 27.2 Å². The van der Waals surface area contributed by atoms with Crippen LogP contribution in [0, 0.1) is 22.9 Å². The van der Waals surface area contributed by atoms with Crippen molar-refractivity contribution in [2.75, 3.05) is 6.54 Å². The van der Waals surface area contributed by atoms with Crippen molar-refractivity contribution in [3.63, 3.8) is 0 Å². The van der Waals surface area contributed by atoms with Crippen molar-refractivity contribution in [1.29, 1.82) is 0 Å². The second kappa shape index (κ2) is 8.47. The van der Waals surface area contributed by atoms with E-state index >= 15 is 0 Å². The molecular formula is C22H21FN4O4. The van der Waals surface area contributed by atoms with E-state index in [9.17, 15) is 24.1 Å². The lowest BCUT2D eigenvalue weighted by molar-refractivity contribution is -0.384. The fourth-order valence-corrected chi connectivity index (χ4v) is 3.24. The van der Waals surface area contributed by atoms with Crippen LogP contribution in [0.25, 0.3) is 5.69 Å². The molecule has 0 aliphatic carbocycles. The first-order chi connectivity index (χ1) is 14.6. The third kappa shape index (κ3) is 4.50. The van der Waals surface area contributed by atoms with Crippen LogP contribution < -0.4 is 10.7 Å². The minimum atomic E-state index is -0.748. The molecule has 8 nitrogen and oxygen atoms in total. The minimum Gasteiger partial charge on any atom is -0.350 e. The lowest BCUT2D eigenvalue weighted by Gasteiger charge is -2.26. The Hall–Kier alpha value is -3.88. The average Bonchev–Trinajstić information content (AvgIpc) is 2.72. The number of nitro groups is 1. The molecule has 1 heterocycles. The number of nitro benzene ring substituents is 1. The number of hydrogen-bond acceptors (Lipinski definition) is 5. The number of aryl methyl sites for hydroxylation is 1. The van der Waals surface area contributed by atoms with Gasteiger partial charge in [-0.15, -0.1) is 0 Å². The summed E-state index contributed by atoms with van der Waals surface area (Å²) >= 11 is 0. The predicted molar refractivity (Wildman–Crippen MR) is 113 cm³/mol. The monoisotopic (exact) mass is 424 g/mol. The van der Waals surface area contributed by atoms with E-state index < -0.39 is 33.2 Å². The normalized spacial score (nSPS) is 11.2. The number of rotatable bonds is 6. The highest BCUT2D eigenvalue weighted by Gasteiger charge is 2.26. The topological polar surface area (TPSA) is 107 Å². The van der Waals surface area contributed by atoms with Gasteiger partial charge in [-0.3, -0.25) is 19.7 Å². The molecule has 3 aromatic rings. The average molecular weight is 424 g/mol. The lowest BCUT2D eigenvalue weighted by atomic mass is 9.84. The number of hydrogen-bond donors (Lipinski definition) is 1. The minimum absolute atomic E-state index is 0.0489. The Morgan fingerprint density at radius 3 is 2.52 bits per heavy atom. The summed E-state index contributed by atoms with van der Waals surface area (Å²) in [4.78, 5) is 35.9. The van der Waals surface area contributed by atoms with Gasteiger partial charge < -0.3 is 5.32 Å². The molecular weight excluding hydrogens is 403 g/mol. The molecule has 9 heteroatoms. The van der Waals surface area contributed by atoms with Gasteiger partial charge in [0.2, 0.25) is 5.43 Å². The Morgan fingerprint density at radius 1 is 1.19 bits per heavy atom. The smallest absolute Gasteiger partial charge is 0.294 e. The maximum atomic E-state index is 14.2. The summed E-state index contributed by atoms with van der Waals surface area (Å²) in [7, 11) is 0. The van der Waals surface area contributed by atoms with E-state index in [1.165, 1.54) is 35.0 Å². The Morgan fingerprint density at radius 2 is 1.84 bits per heavy atom. The number of para-hydroxylation sites is 2. The Labute approximate surface area is 177 Å². The number of halogens is 1. The quantitative estimate of drug-likeness (QED) is 0.483. The zero-order valence-corrected chi connectivity index (χ0v) is 17.3. The molecule has 0 aliphatic heterocycles. The molecule has 0 saturated carbocycles. The SMILES string of the molecule is Cc1cc(=O)c(C(=O)NCC(C)(C)c2ccccc2F)nn1-c1ccccc1[N+](=O)[O-]. The molecule has 1 N–H and O–H groups in total. The number of carbonyl (C=O) groups excluding carboxylic acids is 1. The van der Waals surface area contributed by atoms with Crippen molar-refractivity contribution in [1.82, 2.24) is 15.1 Å². The van der Waals surface area contributed by atoms with Crippen molar-refractivity contribution in [2.45, 2.75) is 26.2 Å². The van der Waals surface area contributed by atoms with Gasteiger partial charge in [0, 0.05) is 29.8 Å². The number of amides is 1. The Balaban J connectivity index is 1.93. The van der Waals surface area contributed by atoms with E-state index in [0.717, 1.165) is 0 Å². The molecule has 0 unspecified atom stereocenters. The van der Waals surface area contributed by atoms with Crippen molar-refractivity contribution >= 4 is 11.6 Å². The summed E-state index contributed by atoms with van der Waals surface area (Å²) in [5.74, 6) is -1.14. The molecule has 0 radical (unpaired) electrons. The third-order valence-corrected chi connectivity index (χ3v) is 4.92. The van der Waals surface area contributed by atoms with E-state index in [4.69, 9.17) is 0 Å². The lowest BCUT2D eigenvalue weighted by Crippen LogP contribution is -2.40. The van der Waals surface area contributed by atoms with Gasteiger partial charge in [-0.1, -0.05) is 44.2 Å². The standard InChI is InChI=1S/C22H21FN4O4/c1-14-12-19(28)20(25-26(14)17-10-6-7-11-18(17)27(30)31)21(29)24-13-22(2,3)15-8-4-5-9-16(15)23/h4-12H,13H2,1-3H3,(H,24,29). The molecule has 0 saturated heterocycles. The van der Waals surface area contributed by atoms with Crippen LogP contribution in [0.15, 0.2) is 59.4 Å². The summed E-state index contributed by atoms with van der Waals surface area (Å²) in [6.45, 7) is 5.14. The molecule has 0 fully saturated rings. The summed E-state index contributed by atoms with van der Waals surface area (Å²) < 4.78 is 15.3. The van der Waals surface area contributed by atoms with Crippen LogP contribution in [0.3, 0.4) is 0 Å². The van der Waals surface area contributed by atoms with Crippen LogP contribution in [0.2, 0.25) is 0 Å². The predicted octanol–water partition coefficient (Wildman–Crippen LogP) is 3.30. The third-order valence-electron chi connectivity index (χ3n) is 4.92. The van der Waals surface area contributed by atoms with E-state index in [-0.39, 0.29) is 17.9 Å². The van der Waals surface area contributed by atoms with Gasteiger partial charge in [0.25, 0.3) is 11.6 Å². The van der Waals surface area contributed by atoms with Gasteiger partial charge >= 0.3 is 0 Å². The van der Waals surface area contributed by atoms with Gasteiger partial charge in [0.1, 0.15) is 11.5 Å². The molecule has 0 atom stereocenters. The molecule has 0 spiro atoms. The summed E-state index contributed by atoms with van der Waals surface area (Å²) in [6.07, 6.45) is 0. The van der Waals surface area contributed by atoms with Gasteiger partial charge in [0.15, 0.2) is 5.69 Å². The first-order valence-electron chi connectivity index (χ1n) is 9.50. The van der Waals surface area contributed by atoms with Crippen LogP contribution in [-0.2, 0) is 5.41 Å². The van der Waals surface area contributed by atoms with Crippen molar-refractivity contribution < 1.29 is 14.1 Å². The van der Waals surface area contributed by atoms with Gasteiger partial charge in [-0.25, -0.2) is 9.07 Å². The fraction of sp³-hybridized carbons (Fsp3) is 0.227. The molecule has 3 rings (SSSR count). The van der Waals surface area contributed by atoms with Crippen LogP contribution in [0.4, 0.5) is 10.1 Å². The maximum Gasteiger partial charge on any atom is 0.294 e. The first-order valence-corrected chi connectivity index (χ1v) is 9.50. The van der Waals surface area contributed by atoms with E-state index in [2.05, 4.69) is 10.4 Å². The Bertz CT molecular complexity index is 1220. The summed E-state index contributed by atoms with van der Waals surface area (Å²) in [5.41, 5.74) is -1.10. The molecule has 0 bridgehead atoms.